The van der Waals surface area contributed by atoms with Gasteiger partial charge in [-0.3, -0.25) is 4.79 Å². The fraction of sp³-hybridized carbons (Fsp3) is 0.222. The third-order valence-corrected chi connectivity index (χ3v) is 4.35. The van der Waals surface area contributed by atoms with Gasteiger partial charge in [-0.1, -0.05) is 22.8 Å². The number of carbonyl (C=O) groups excluding carboxylic acids is 1. The van der Waals surface area contributed by atoms with Gasteiger partial charge >= 0.3 is 0 Å². The molecule has 0 aliphatic carbocycles. The smallest absolute Gasteiger partial charge is 0.230 e. The number of carbonyl (C=O) groups is 1. The Hall–Kier alpha value is -2.33. The molecule has 0 radical (unpaired) electrons. The van der Waals surface area contributed by atoms with E-state index in [1.165, 1.54) is 0 Å². The molecule has 0 fully saturated rings. The third kappa shape index (κ3) is 3.22. The van der Waals surface area contributed by atoms with Crippen molar-refractivity contribution in [1.29, 1.82) is 0 Å². The zero-order valence-electron chi connectivity index (χ0n) is 13.2. The number of benzene rings is 2. The van der Waals surface area contributed by atoms with Crippen molar-refractivity contribution < 1.29 is 9.32 Å². The van der Waals surface area contributed by atoms with Crippen molar-refractivity contribution in [3.05, 3.63) is 57.7 Å². The standard InChI is InChI=1S/C18H17ClN2O2/c1-10-4-5-13(8-15(10)19)20-18(22)9-16-14-6-11(2)12(3)7-17(14)23-21-16/h4-8H,9H2,1-3H3,(H,20,22). The first-order valence-corrected chi connectivity index (χ1v) is 7.73. The SMILES string of the molecule is Cc1cc2onc(CC(=O)Nc3ccc(C)c(Cl)c3)c2cc1C. The molecule has 0 bridgehead atoms. The molecule has 1 heterocycles. The highest BCUT2D eigenvalue weighted by Crippen LogP contribution is 2.24. The maximum Gasteiger partial charge on any atom is 0.230 e. The lowest BCUT2D eigenvalue weighted by molar-refractivity contribution is -0.115. The van der Waals surface area contributed by atoms with Gasteiger partial charge in [0.25, 0.3) is 0 Å². The number of hydrogen-bond acceptors (Lipinski definition) is 3. The Morgan fingerprint density at radius 3 is 2.61 bits per heavy atom. The monoisotopic (exact) mass is 328 g/mol. The first kappa shape index (κ1) is 15.6. The topological polar surface area (TPSA) is 55.1 Å². The zero-order valence-corrected chi connectivity index (χ0v) is 14.0. The average Bonchev–Trinajstić information content (AvgIpc) is 2.86. The number of rotatable bonds is 3. The summed E-state index contributed by atoms with van der Waals surface area (Å²) in [5.41, 5.74) is 5.27. The number of nitrogens with one attached hydrogen (secondary N) is 1. The van der Waals surface area contributed by atoms with Crippen LogP contribution in [-0.2, 0) is 11.2 Å². The molecule has 4 nitrogen and oxygen atoms in total. The van der Waals surface area contributed by atoms with Gasteiger partial charge < -0.3 is 9.84 Å². The second kappa shape index (κ2) is 6.05. The van der Waals surface area contributed by atoms with Gasteiger partial charge in [-0.05, 0) is 61.7 Å². The lowest BCUT2D eigenvalue weighted by atomic mass is 10.1. The highest BCUT2D eigenvalue weighted by atomic mass is 35.5. The number of fused-ring (bicyclic) bond motifs is 1. The molecule has 5 heteroatoms. The molecule has 1 N–H and O–H groups in total. The fourth-order valence-corrected chi connectivity index (χ4v) is 2.58. The number of halogens is 1. The van der Waals surface area contributed by atoms with Crippen LogP contribution in [0.25, 0.3) is 11.0 Å². The van der Waals surface area contributed by atoms with E-state index in [1.54, 1.807) is 6.07 Å². The minimum atomic E-state index is -0.154. The minimum Gasteiger partial charge on any atom is -0.356 e. The van der Waals surface area contributed by atoms with E-state index in [4.69, 9.17) is 16.1 Å². The molecule has 0 spiro atoms. The Morgan fingerprint density at radius 1 is 1.13 bits per heavy atom. The van der Waals surface area contributed by atoms with Crippen LogP contribution in [0.5, 0.6) is 0 Å². The summed E-state index contributed by atoms with van der Waals surface area (Å²) in [5, 5.41) is 8.37. The Balaban J connectivity index is 1.80. The molecule has 23 heavy (non-hydrogen) atoms. The Labute approximate surface area is 139 Å². The van der Waals surface area contributed by atoms with Crippen LogP contribution in [0.3, 0.4) is 0 Å². The molecule has 3 aromatic rings. The van der Waals surface area contributed by atoms with Crippen LogP contribution in [0.1, 0.15) is 22.4 Å². The first-order chi connectivity index (χ1) is 10.9. The number of nitrogens with zero attached hydrogens (tertiary/aromatic N) is 1. The number of anilines is 1. The van der Waals surface area contributed by atoms with E-state index < -0.39 is 0 Å². The van der Waals surface area contributed by atoms with Crippen LogP contribution in [-0.4, -0.2) is 11.1 Å². The van der Waals surface area contributed by atoms with Crippen LogP contribution >= 0.6 is 11.6 Å². The van der Waals surface area contributed by atoms with E-state index in [2.05, 4.69) is 10.5 Å². The van der Waals surface area contributed by atoms with E-state index in [9.17, 15) is 4.79 Å². The maximum atomic E-state index is 12.2. The summed E-state index contributed by atoms with van der Waals surface area (Å²) in [7, 11) is 0. The summed E-state index contributed by atoms with van der Waals surface area (Å²) in [6.07, 6.45) is 0.154. The lowest BCUT2D eigenvalue weighted by Gasteiger charge is -2.06. The van der Waals surface area contributed by atoms with E-state index in [-0.39, 0.29) is 12.3 Å². The van der Waals surface area contributed by atoms with E-state index in [0.29, 0.717) is 22.0 Å². The second-order valence-corrected chi connectivity index (χ2v) is 6.16. The van der Waals surface area contributed by atoms with Crippen LogP contribution in [0.2, 0.25) is 5.02 Å². The Morgan fingerprint density at radius 2 is 1.87 bits per heavy atom. The number of aromatic nitrogens is 1. The normalized spacial score (nSPS) is 11.0. The molecule has 118 valence electrons. The van der Waals surface area contributed by atoms with E-state index in [1.807, 2.05) is 45.0 Å². The van der Waals surface area contributed by atoms with Gasteiger partial charge in [0.2, 0.25) is 5.91 Å². The van der Waals surface area contributed by atoms with Crippen LogP contribution in [0.4, 0.5) is 5.69 Å². The molecule has 2 aromatic carbocycles. The summed E-state index contributed by atoms with van der Waals surface area (Å²) in [4.78, 5) is 12.2. The van der Waals surface area contributed by atoms with Gasteiger partial charge in [0.15, 0.2) is 5.58 Å². The highest BCUT2D eigenvalue weighted by molar-refractivity contribution is 6.31. The van der Waals surface area contributed by atoms with Gasteiger partial charge in [0, 0.05) is 16.1 Å². The van der Waals surface area contributed by atoms with Crippen LogP contribution < -0.4 is 5.32 Å². The summed E-state index contributed by atoms with van der Waals surface area (Å²) in [6, 6.07) is 9.39. The predicted molar refractivity (Wildman–Crippen MR) is 92.0 cm³/mol. The second-order valence-electron chi connectivity index (χ2n) is 5.75. The van der Waals surface area contributed by atoms with Crippen LogP contribution in [0.15, 0.2) is 34.9 Å². The number of hydrogen-bond donors (Lipinski definition) is 1. The number of amides is 1. The Kier molecular flexibility index (Phi) is 4.09. The molecular formula is C18H17ClN2O2. The largest absolute Gasteiger partial charge is 0.356 e. The summed E-state index contributed by atoms with van der Waals surface area (Å²) in [6.45, 7) is 5.96. The molecule has 0 aliphatic rings. The summed E-state index contributed by atoms with van der Waals surface area (Å²) in [5.74, 6) is -0.154. The van der Waals surface area contributed by atoms with E-state index >= 15 is 0 Å². The lowest BCUT2D eigenvalue weighted by Crippen LogP contribution is -2.14. The number of aryl methyl sites for hydroxylation is 3. The van der Waals surface area contributed by atoms with Gasteiger partial charge in [-0.25, -0.2) is 0 Å². The third-order valence-electron chi connectivity index (χ3n) is 3.94. The Bertz CT molecular complexity index is 899. The molecule has 0 saturated carbocycles. The molecule has 0 atom stereocenters. The van der Waals surface area contributed by atoms with Gasteiger partial charge in [-0.2, -0.15) is 0 Å². The van der Waals surface area contributed by atoms with Crippen molar-refractivity contribution in [2.45, 2.75) is 27.2 Å². The van der Waals surface area contributed by atoms with Crippen molar-refractivity contribution in [3.8, 4) is 0 Å². The minimum absolute atomic E-state index is 0.154. The predicted octanol–water partition coefficient (Wildman–Crippen LogP) is 4.59. The van der Waals surface area contributed by atoms with Crippen molar-refractivity contribution in [1.82, 2.24) is 5.16 Å². The maximum absolute atomic E-state index is 12.2. The average molecular weight is 329 g/mol. The zero-order chi connectivity index (χ0) is 16.6. The molecule has 0 saturated heterocycles. The molecule has 1 aromatic heterocycles. The molecule has 0 aliphatic heterocycles. The highest BCUT2D eigenvalue weighted by Gasteiger charge is 2.14. The van der Waals surface area contributed by atoms with E-state index in [0.717, 1.165) is 22.1 Å². The summed E-state index contributed by atoms with van der Waals surface area (Å²) >= 11 is 6.07. The molecule has 1 amide bonds. The van der Waals surface area contributed by atoms with Crippen LogP contribution in [0, 0.1) is 20.8 Å². The van der Waals surface area contributed by atoms with Gasteiger partial charge in [0.1, 0.15) is 5.69 Å². The van der Waals surface area contributed by atoms with Crippen molar-refractivity contribution >= 4 is 34.2 Å². The first-order valence-electron chi connectivity index (χ1n) is 7.35. The fourth-order valence-electron chi connectivity index (χ4n) is 2.40. The quantitative estimate of drug-likeness (QED) is 0.765. The molecule has 0 unspecified atom stereocenters. The molecular weight excluding hydrogens is 312 g/mol. The molecule has 3 rings (SSSR count). The van der Waals surface area contributed by atoms with Crippen molar-refractivity contribution in [2.75, 3.05) is 5.32 Å². The van der Waals surface area contributed by atoms with Gasteiger partial charge in [-0.15, -0.1) is 0 Å². The van der Waals surface area contributed by atoms with Crippen molar-refractivity contribution in [2.24, 2.45) is 0 Å². The van der Waals surface area contributed by atoms with Crippen molar-refractivity contribution in [3.63, 3.8) is 0 Å². The summed E-state index contributed by atoms with van der Waals surface area (Å²) < 4.78 is 5.32. The van der Waals surface area contributed by atoms with Gasteiger partial charge in [0.05, 0.1) is 6.42 Å².